The van der Waals surface area contributed by atoms with Crippen molar-refractivity contribution in [2.45, 2.75) is 20.0 Å². The standard InChI is InChI=1S/C18H17NO2/c1-13(2)21-18(20)15-12-17(14-8-4-3-5-9-14)19-11-7-6-10-16(15)19/h3-13H,1-2H3. The second-order valence-electron chi connectivity index (χ2n) is 5.22. The summed E-state index contributed by atoms with van der Waals surface area (Å²) in [6.45, 7) is 3.71. The molecule has 106 valence electrons. The van der Waals surface area contributed by atoms with Crippen LogP contribution in [0.25, 0.3) is 16.8 Å². The number of rotatable bonds is 3. The maximum absolute atomic E-state index is 12.3. The summed E-state index contributed by atoms with van der Waals surface area (Å²) in [7, 11) is 0. The molecule has 0 spiro atoms. The summed E-state index contributed by atoms with van der Waals surface area (Å²) in [5.74, 6) is -0.282. The second-order valence-corrected chi connectivity index (χ2v) is 5.22. The first-order valence-corrected chi connectivity index (χ1v) is 7.03. The van der Waals surface area contributed by atoms with Crippen LogP contribution < -0.4 is 0 Å². The van der Waals surface area contributed by atoms with Gasteiger partial charge >= 0.3 is 5.97 Å². The molecule has 0 saturated heterocycles. The van der Waals surface area contributed by atoms with E-state index in [4.69, 9.17) is 4.74 Å². The number of esters is 1. The quantitative estimate of drug-likeness (QED) is 0.674. The van der Waals surface area contributed by atoms with Crippen molar-refractivity contribution in [1.29, 1.82) is 0 Å². The van der Waals surface area contributed by atoms with Crippen LogP contribution in [0.4, 0.5) is 0 Å². The van der Waals surface area contributed by atoms with Gasteiger partial charge in [-0.05, 0) is 37.6 Å². The lowest BCUT2D eigenvalue weighted by Gasteiger charge is -2.06. The number of carbonyl (C=O) groups is 1. The first-order chi connectivity index (χ1) is 10.2. The molecular weight excluding hydrogens is 262 g/mol. The number of benzene rings is 1. The van der Waals surface area contributed by atoms with E-state index in [0.717, 1.165) is 16.8 Å². The molecule has 2 heterocycles. The number of fused-ring (bicyclic) bond motifs is 1. The zero-order valence-electron chi connectivity index (χ0n) is 12.1. The number of hydrogen-bond acceptors (Lipinski definition) is 2. The van der Waals surface area contributed by atoms with E-state index in [1.807, 2.05) is 79.0 Å². The minimum absolute atomic E-state index is 0.128. The van der Waals surface area contributed by atoms with Crippen LogP contribution in [-0.2, 0) is 4.74 Å². The van der Waals surface area contributed by atoms with Crippen LogP contribution in [0, 0.1) is 0 Å². The van der Waals surface area contributed by atoms with Gasteiger partial charge in [-0.1, -0.05) is 36.4 Å². The third-order valence-electron chi connectivity index (χ3n) is 3.31. The Balaban J connectivity index is 2.17. The lowest BCUT2D eigenvalue weighted by molar-refractivity contribution is 0.0380. The van der Waals surface area contributed by atoms with Gasteiger partial charge in [-0.25, -0.2) is 4.79 Å². The normalized spacial score (nSPS) is 11.0. The number of aromatic nitrogens is 1. The highest BCUT2D eigenvalue weighted by Gasteiger charge is 2.18. The zero-order valence-corrected chi connectivity index (χ0v) is 12.1. The second kappa shape index (κ2) is 5.44. The molecule has 3 heteroatoms. The number of nitrogens with zero attached hydrogens (tertiary/aromatic N) is 1. The Kier molecular flexibility index (Phi) is 3.48. The van der Waals surface area contributed by atoms with Gasteiger partial charge in [0, 0.05) is 6.20 Å². The number of ether oxygens (including phenoxy) is 1. The van der Waals surface area contributed by atoms with Crippen molar-refractivity contribution in [2.75, 3.05) is 0 Å². The molecule has 0 amide bonds. The zero-order chi connectivity index (χ0) is 14.8. The Morgan fingerprint density at radius 3 is 2.48 bits per heavy atom. The third-order valence-corrected chi connectivity index (χ3v) is 3.31. The lowest BCUT2D eigenvalue weighted by Crippen LogP contribution is -2.11. The first kappa shape index (κ1) is 13.4. The van der Waals surface area contributed by atoms with E-state index in [1.165, 1.54) is 0 Å². The van der Waals surface area contributed by atoms with E-state index in [0.29, 0.717) is 5.56 Å². The fourth-order valence-corrected chi connectivity index (χ4v) is 2.43. The third kappa shape index (κ3) is 2.55. The molecule has 0 saturated carbocycles. The van der Waals surface area contributed by atoms with Gasteiger partial charge in [0.05, 0.1) is 22.9 Å². The van der Waals surface area contributed by atoms with Crippen LogP contribution in [0.5, 0.6) is 0 Å². The van der Waals surface area contributed by atoms with E-state index in [1.54, 1.807) is 0 Å². The van der Waals surface area contributed by atoms with Gasteiger partial charge in [-0.2, -0.15) is 0 Å². The van der Waals surface area contributed by atoms with Crippen molar-refractivity contribution in [3.8, 4) is 11.3 Å². The number of carbonyl (C=O) groups excluding carboxylic acids is 1. The van der Waals surface area contributed by atoms with Gasteiger partial charge < -0.3 is 9.14 Å². The van der Waals surface area contributed by atoms with Crippen LogP contribution in [0.1, 0.15) is 24.2 Å². The molecule has 0 unspecified atom stereocenters. The molecule has 2 aromatic heterocycles. The molecule has 0 aliphatic heterocycles. The SMILES string of the molecule is CC(C)OC(=O)c1cc(-c2ccccc2)n2ccccc12. The van der Waals surface area contributed by atoms with Crippen LogP contribution in [0.15, 0.2) is 60.8 Å². The van der Waals surface area contributed by atoms with Crippen molar-refractivity contribution in [3.63, 3.8) is 0 Å². The molecule has 21 heavy (non-hydrogen) atoms. The molecule has 3 rings (SSSR count). The number of pyridine rings is 1. The fraction of sp³-hybridized carbons (Fsp3) is 0.167. The average molecular weight is 279 g/mol. The maximum atomic E-state index is 12.3. The van der Waals surface area contributed by atoms with Crippen molar-refractivity contribution < 1.29 is 9.53 Å². The molecule has 0 fully saturated rings. The predicted octanol–water partition coefficient (Wildman–Crippen LogP) is 4.17. The highest BCUT2D eigenvalue weighted by molar-refractivity contribution is 5.99. The van der Waals surface area contributed by atoms with E-state index in [-0.39, 0.29) is 12.1 Å². The van der Waals surface area contributed by atoms with Gasteiger partial charge in [0.2, 0.25) is 0 Å². The van der Waals surface area contributed by atoms with Crippen molar-refractivity contribution in [2.24, 2.45) is 0 Å². The summed E-state index contributed by atoms with van der Waals surface area (Å²) in [6.07, 6.45) is 1.83. The predicted molar refractivity (Wildman–Crippen MR) is 83.4 cm³/mol. The minimum Gasteiger partial charge on any atom is -0.459 e. The van der Waals surface area contributed by atoms with Crippen molar-refractivity contribution >= 4 is 11.5 Å². The Morgan fingerprint density at radius 1 is 1.05 bits per heavy atom. The van der Waals surface area contributed by atoms with Gasteiger partial charge in [-0.3, -0.25) is 0 Å². The van der Waals surface area contributed by atoms with E-state index < -0.39 is 0 Å². The molecule has 0 radical (unpaired) electrons. The van der Waals surface area contributed by atoms with E-state index in [2.05, 4.69) is 0 Å². The number of hydrogen-bond donors (Lipinski definition) is 0. The minimum atomic E-state index is -0.282. The molecule has 0 atom stereocenters. The summed E-state index contributed by atoms with van der Waals surface area (Å²) in [5, 5.41) is 0. The summed E-state index contributed by atoms with van der Waals surface area (Å²) >= 11 is 0. The Hall–Kier alpha value is -2.55. The van der Waals surface area contributed by atoms with Crippen LogP contribution in [0.2, 0.25) is 0 Å². The summed E-state index contributed by atoms with van der Waals surface area (Å²) < 4.78 is 7.36. The highest BCUT2D eigenvalue weighted by atomic mass is 16.5. The topological polar surface area (TPSA) is 30.7 Å². The largest absolute Gasteiger partial charge is 0.459 e. The van der Waals surface area contributed by atoms with Crippen molar-refractivity contribution in [1.82, 2.24) is 4.40 Å². The van der Waals surface area contributed by atoms with Gasteiger partial charge in [-0.15, -0.1) is 0 Å². The summed E-state index contributed by atoms with van der Waals surface area (Å²) in [6, 6.07) is 17.7. The molecule has 0 aliphatic carbocycles. The smallest absolute Gasteiger partial charge is 0.340 e. The molecular formula is C18H17NO2. The lowest BCUT2D eigenvalue weighted by atomic mass is 10.1. The Morgan fingerprint density at radius 2 is 1.76 bits per heavy atom. The van der Waals surface area contributed by atoms with E-state index >= 15 is 0 Å². The van der Waals surface area contributed by atoms with Gasteiger partial charge in [0.25, 0.3) is 0 Å². The van der Waals surface area contributed by atoms with E-state index in [9.17, 15) is 4.79 Å². The Bertz CT molecular complexity index is 772. The Labute approximate surface area is 123 Å². The van der Waals surface area contributed by atoms with Gasteiger partial charge in [0.15, 0.2) is 0 Å². The molecule has 3 aromatic rings. The average Bonchev–Trinajstić information content (AvgIpc) is 2.87. The monoisotopic (exact) mass is 279 g/mol. The fourth-order valence-electron chi connectivity index (χ4n) is 2.43. The van der Waals surface area contributed by atoms with Crippen molar-refractivity contribution in [3.05, 3.63) is 66.4 Å². The molecule has 3 nitrogen and oxygen atoms in total. The summed E-state index contributed by atoms with van der Waals surface area (Å²) in [4.78, 5) is 12.3. The molecule has 0 aliphatic rings. The van der Waals surface area contributed by atoms with Crippen LogP contribution in [0.3, 0.4) is 0 Å². The first-order valence-electron chi connectivity index (χ1n) is 7.03. The molecule has 0 N–H and O–H groups in total. The maximum Gasteiger partial charge on any atom is 0.340 e. The molecule has 1 aromatic carbocycles. The van der Waals surface area contributed by atoms with Crippen LogP contribution in [-0.4, -0.2) is 16.5 Å². The van der Waals surface area contributed by atoms with Crippen LogP contribution >= 0.6 is 0 Å². The van der Waals surface area contributed by atoms with Gasteiger partial charge in [0.1, 0.15) is 0 Å². The summed E-state index contributed by atoms with van der Waals surface area (Å²) in [5.41, 5.74) is 3.52. The molecule has 0 bridgehead atoms. The highest BCUT2D eigenvalue weighted by Crippen LogP contribution is 2.26.